The molecule has 0 radical (unpaired) electrons. The van der Waals surface area contributed by atoms with Crippen molar-refractivity contribution in [2.75, 3.05) is 13.2 Å². The van der Waals surface area contributed by atoms with E-state index in [1.165, 1.54) is 0 Å². The first-order valence-corrected chi connectivity index (χ1v) is 6.47. The minimum Gasteiger partial charge on any atom is -0.385 e. The zero-order chi connectivity index (χ0) is 10.9. The Morgan fingerprint density at radius 3 is 2.20 bits per heavy atom. The van der Waals surface area contributed by atoms with Crippen molar-refractivity contribution in [2.24, 2.45) is 0 Å². The van der Waals surface area contributed by atoms with Gasteiger partial charge in [-0.15, -0.1) is 0 Å². The molecular formula is C11H12Br2O2. The Balaban J connectivity index is 2.42. The van der Waals surface area contributed by atoms with Gasteiger partial charge in [0.2, 0.25) is 0 Å². The predicted octanol–water partition coefficient (Wildman–Crippen LogP) is 3.21. The van der Waals surface area contributed by atoms with Crippen LogP contribution in [0.2, 0.25) is 0 Å². The van der Waals surface area contributed by atoms with Gasteiger partial charge in [0, 0.05) is 40.6 Å². The van der Waals surface area contributed by atoms with Gasteiger partial charge in [-0.25, -0.2) is 0 Å². The van der Waals surface area contributed by atoms with Gasteiger partial charge in [-0.05, 0) is 12.1 Å². The van der Waals surface area contributed by atoms with E-state index in [-0.39, 0.29) is 0 Å². The maximum Gasteiger partial charge on any atom is 0.0962 e. The quantitative estimate of drug-likeness (QED) is 0.854. The van der Waals surface area contributed by atoms with Crippen molar-refractivity contribution in [3.8, 4) is 0 Å². The van der Waals surface area contributed by atoms with E-state index in [9.17, 15) is 5.11 Å². The van der Waals surface area contributed by atoms with E-state index >= 15 is 0 Å². The van der Waals surface area contributed by atoms with Gasteiger partial charge in [-0.1, -0.05) is 37.9 Å². The number of ether oxygens (including phenoxy) is 1. The fraction of sp³-hybridized carbons (Fsp3) is 0.455. The second kappa shape index (κ2) is 4.53. The van der Waals surface area contributed by atoms with E-state index in [0.717, 1.165) is 14.5 Å². The number of benzene rings is 1. The van der Waals surface area contributed by atoms with Gasteiger partial charge in [-0.2, -0.15) is 0 Å². The summed E-state index contributed by atoms with van der Waals surface area (Å²) in [6.07, 6.45) is 1.29. The van der Waals surface area contributed by atoms with E-state index < -0.39 is 5.60 Å². The van der Waals surface area contributed by atoms with Crippen molar-refractivity contribution in [3.63, 3.8) is 0 Å². The maximum absolute atomic E-state index is 10.6. The molecule has 1 saturated heterocycles. The number of halogens is 2. The van der Waals surface area contributed by atoms with Gasteiger partial charge in [0.25, 0.3) is 0 Å². The monoisotopic (exact) mass is 334 g/mol. The van der Waals surface area contributed by atoms with Crippen molar-refractivity contribution >= 4 is 31.9 Å². The number of aliphatic hydroxyl groups is 1. The summed E-state index contributed by atoms with van der Waals surface area (Å²) in [6, 6.07) is 5.85. The van der Waals surface area contributed by atoms with Crippen LogP contribution >= 0.6 is 31.9 Å². The van der Waals surface area contributed by atoms with Gasteiger partial charge in [0.05, 0.1) is 5.60 Å². The number of rotatable bonds is 1. The third kappa shape index (κ3) is 2.28. The highest BCUT2D eigenvalue weighted by Gasteiger charge is 2.34. The summed E-state index contributed by atoms with van der Waals surface area (Å²) < 4.78 is 7.17. The van der Waals surface area contributed by atoms with Crippen LogP contribution in [0.25, 0.3) is 0 Å². The maximum atomic E-state index is 10.6. The molecule has 0 saturated carbocycles. The van der Waals surface area contributed by atoms with Crippen LogP contribution in [0.1, 0.15) is 18.4 Å². The van der Waals surface area contributed by atoms with Crippen molar-refractivity contribution in [2.45, 2.75) is 18.4 Å². The van der Waals surface area contributed by atoms with Crippen molar-refractivity contribution in [3.05, 3.63) is 32.7 Å². The van der Waals surface area contributed by atoms with Gasteiger partial charge >= 0.3 is 0 Å². The highest BCUT2D eigenvalue weighted by atomic mass is 79.9. The first-order chi connectivity index (χ1) is 7.13. The third-order valence-electron chi connectivity index (χ3n) is 2.75. The first kappa shape index (κ1) is 11.6. The lowest BCUT2D eigenvalue weighted by Crippen LogP contribution is -2.34. The lowest BCUT2D eigenvalue weighted by Gasteiger charge is -2.34. The molecule has 1 heterocycles. The molecule has 15 heavy (non-hydrogen) atoms. The number of hydrogen-bond acceptors (Lipinski definition) is 2. The Labute approximate surface area is 106 Å². The molecular weight excluding hydrogens is 324 g/mol. The lowest BCUT2D eigenvalue weighted by atomic mass is 9.86. The SMILES string of the molecule is OC1(c2c(Br)cccc2Br)CCOCC1. The van der Waals surface area contributed by atoms with Gasteiger partial charge in [0.15, 0.2) is 0 Å². The van der Waals surface area contributed by atoms with Crippen LogP contribution in [0.15, 0.2) is 27.1 Å². The largest absolute Gasteiger partial charge is 0.385 e. The highest BCUT2D eigenvalue weighted by molar-refractivity contribution is 9.11. The van der Waals surface area contributed by atoms with Crippen LogP contribution in [0.3, 0.4) is 0 Å². The van der Waals surface area contributed by atoms with E-state index in [1.807, 2.05) is 18.2 Å². The second-order valence-corrected chi connectivity index (χ2v) is 5.45. The molecule has 1 aliphatic heterocycles. The van der Waals surface area contributed by atoms with Crippen LogP contribution in [-0.4, -0.2) is 18.3 Å². The summed E-state index contributed by atoms with van der Waals surface area (Å²) in [5, 5.41) is 10.6. The van der Waals surface area contributed by atoms with Gasteiger partial charge in [0.1, 0.15) is 0 Å². The predicted molar refractivity (Wildman–Crippen MR) is 65.8 cm³/mol. The zero-order valence-electron chi connectivity index (χ0n) is 8.17. The summed E-state index contributed by atoms with van der Waals surface area (Å²) in [5.41, 5.74) is 0.172. The van der Waals surface area contributed by atoms with Crippen LogP contribution in [-0.2, 0) is 10.3 Å². The molecule has 1 fully saturated rings. The molecule has 1 aromatic rings. The van der Waals surface area contributed by atoms with Crippen LogP contribution in [0.4, 0.5) is 0 Å². The summed E-state index contributed by atoms with van der Waals surface area (Å²) in [7, 11) is 0. The molecule has 2 nitrogen and oxygen atoms in total. The fourth-order valence-electron chi connectivity index (χ4n) is 1.90. The molecule has 0 aromatic heterocycles. The molecule has 0 aliphatic carbocycles. The normalized spacial score (nSPS) is 20.2. The minimum atomic E-state index is -0.767. The minimum absolute atomic E-state index is 0.615. The first-order valence-electron chi connectivity index (χ1n) is 4.88. The van der Waals surface area contributed by atoms with Gasteiger partial charge < -0.3 is 9.84 Å². The van der Waals surface area contributed by atoms with Crippen molar-refractivity contribution < 1.29 is 9.84 Å². The van der Waals surface area contributed by atoms with Gasteiger partial charge in [-0.3, -0.25) is 0 Å². The molecule has 0 atom stereocenters. The van der Waals surface area contributed by atoms with E-state index in [4.69, 9.17) is 4.74 Å². The Morgan fingerprint density at radius 2 is 1.67 bits per heavy atom. The van der Waals surface area contributed by atoms with E-state index in [0.29, 0.717) is 26.1 Å². The summed E-state index contributed by atoms with van der Waals surface area (Å²) in [5.74, 6) is 0. The Bertz CT molecular complexity index is 339. The van der Waals surface area contributed by atoms with Crippen LogP contribution in [0, 0.1) is 0 Å². The Hall–Kier alpha value is 0.1000. The average molecular weight is 336 g/mol. The molecule has 82 valence electrons. The van der Waals surface area contributed by atoms with Crippen molar-refractivity contribution in [1.29, 1.82) is 0 Å². The number of hydrogen-bond donors (Lipinski definition) is 1. The molecule has 1 N–H and O–H groups in total. The second-order valence-electron chi connectivity index (χ2n) is 3.74. The van der Waals surface area contributed by atoms with Crippen LogP contribution in [0.5, 0.6) is 0 Å². The van der Waals surface area contributed by atoms with Crippen LogP contribution < -0.4 is 0 Å². The fourth-order valence-corrected chi connectivity index (χ4v) is 3.64. The lowest BCUT2D eigenvalue weighted by molar-refractivity contribution is -0.0687. The van der Waals surface area contributed by atoms with E-state index in [1.54, 1.807) is 0 Å². The summed E-state index contributed by atoms with van der Waals surface area (Å²) in [4.78, 5) is 0. The molecule has 0 bridgehead atoms. The third-order valence-corrected chi connectivity index (χ3v) is 4.07. The molecule has 4 heteroatoms. The molecule has 0 spiro atoms. The molecule has 1 aliphatic rings. The smallest absolute Gasteiger partial charge is 0.0962 e. The molecule has 0 unspecified atom stereocenters. The van der Waals surface area contributed by atoms with Crippen molar-refractivity contribution in [1.82, 2.24) is 0 Å². The zero-order valence-corrected chi connectivity index (χ0v) is 11.3. The molecule has 0 amide bonds. The standard InChI is InChI=1S/C11H12Br2O2/c12-8-2-1-3-9(13)10(8)11(14)4-6-15-7-5-11/h1-3,14H,4-7H2. The van der Waals surface area contributed by atoms with E-state index in [2.05, 4.69) is 31.9 Å². The Morgan fingerprint density at radius 1 is 1.13 bits per heavy atom. The Kier molecular flexibility index (Phi) is 3.50. The topological polar surface area (TPSA) is 29.5 Å². The molecule has 2 rings (SSSR count). The molecule has 1 aromatic carbocycles. The summed E-state index contributed by atoms with van der Waals surface area (Å²) in [6.45, 7) is 1.23. The highest BCUT2D eigenvalue weighted by Crippen LogP contribution is 2.40. The average Bonchev–Trinajstić information content (AvgIpc) is 2.18. The summed E-state index contributed by atoms with van der Waals surface area (Å²) >= 11 is 6.97.